The van der Waals surface area contributed by atoms with Crippen molar-refractivity contribution in [2.45, 2.75) is 18.8 Å². The van der Waals surface area contributed by atoms with Gasteiger partial charge in [0.05, 0.1) is 12.1 Å². The number of nitrogens with one attached hydrogen (secondary N) is 2. The maximum absolute atomic E-state index is 13.8. The summed E-state index contributed by atoms with van der Waals surface area (Å²) in [5.41, 5.74) is 3.38. The Morgan fingerprint density at radius 1 is 1.19 bits per heavy atom. The van der Waals surface area contributed by atoms with Gasteiger partial charge in [0.1, 0.15) is 12.0 Å². The minimum Gasteiger partial charge on any atom is -0.348 e. The molecular weight excluding hydrogens is 350 g/mol. The van der Waals surface area contributed by atoms with Crippen molar-refractivity contribution in [3.8, 4) is 11.1 Å². The summed E-state index contributed by atoms with van der Waals surface area (Å²) >= 11 is 0. The van der Waals surface area contributed by atoms with Gasteiger partial charge in [-0.15, -0.1) is 0 Å². The van der Waals surface area contributed by atoms with Crippen molar-refractivity contribution in [2.75, 3.05) is 11.9 Å². The highest BCUT2D eigenvalue weighted by Crippen LogP contribution is 2.43. The van der Waals surface area contributed by atoms with Gasteiger partial charge in [0, 0.05) is 40.8 Å². The number of benzene rings is 1. The van der Waals surface area contributed by atoms with Crippen molar-refractivity contribution in [1.29, 1.82) is 0 Å². The van der Waals surface area contributed by atoms with E-state index in [1.807, 2.05) is 24.4 Å². The summed E-state index contributed by atoms with van der Waals surface area (Å²) in [6, 6.07) is 5.91. The Morgan fingerprint density at radius 3 is 2.93 bits per heavy atom. The molecule has 0 radical (unpaired) electrons. The third kappa shape index (κ3) is 2.97. The Bertz CT molecular complexity index is 1140. The number of nitrogens with zero attached hydrogens (tertiary/aromatic N) is 4. The molecular formula is C19H16F2N6. The van der Waals surface area contributed by atoms with Gasteiger partial charge < -0.3 is 10.3 Å². The molecule has 1 saturated carbocycles. The van der Waals surface area contributed by atoms with Crippen molar-refractivity contribution in [3.63, 3.8) is 0 Å². The molecule has 1 aliphatic rings. The minimum atomic E-state index is -2.72. The molecule has 3 heterocycles. The van der Waals surface area contributed by atoms with Crippen molar-refractivity contribution in [3.05, 3.63) is 43.1 Å². The van der Waals surface area contributed by atoms with Gasteiger partial charge in [-0.1, -0.05) is 6.07 Å². The fourth-order valence-electron chi connectivity index (χ4n) is 3.23. The van der Waals surface area contributed by atoms with E-state index in [0.29, 0.717) is 18.5 Å². The molecule has 0 bridgehead atoms. The standard InChI is InChI=1S/C19H16F2N6/c20-19(21,13-2-3-13)9-25-18-24-8-15-14(7-23-17(15)27-18)11-1-4-16-12(5-11)6-22-10-26-16/h1,4-8,10,13H,2-3,9H2,(H2,23,24,25,27). The quantitative estimate of drug-likeness (QED) is 0.558. The lowest BCUT2D eigenvalue weighted by Crippen LogP contribution is -2.29. The molecule has 0 atom stereocenters. The van der Waals surface area contributed by atoms with Crippen molar-refractivity contribution < 1.29 is 8.78 Å². The van der Waals surface area contributed by atoms with Gasteiger partial charge in [-0.3, -0.25) is 0 Å². The first kappa shape index (κ1) is 16.0. The summed E-state index contributed by atoms with van der Waals surface area (Å²) in [5, 5.41) is 4.42. The molecule has 0 spiro atoms. The van der Waals surface area contributed by atoms with Gasteiger partial charge in [0.2, 0.25) is 5.95 Å². The molecule has 1 fully saturated rings. The average molecular weight is 366 g/mol. The van der Waals surface area contributed by atoms with Crippen LogP contribution in [0.15, 0.2) is 43.1 Å². The molecule has 0 unspecified atom stereocenters. The molecule has 1 aromatic carbocycles. The Morgan fingerprint density at radius 2 is 2.07 bits per heavy atom. The Labute approximate surface area is 153 Å². The molecule has 27 heavy (non-hydrogen) atoms. The highest BCUT2D eigenvalue weighted by Gasteiger charge is 2.46. The van der Waals surface area contributed by atoms with E-state index in [-0.39, 0.29) is 5.95 Å². The largest absolute Gasteiger partial charge is 0.348 e. The predicted molar refractivity (Wildman–Crippen MR) is 98.6 cm³/mol. The summed E-state index contributed by atoms with van der Waals surface area (Å²) in [7, 11) is 0. The highest BCUT2D eigenvalue weighted by molar-refractivity contribution is 5.96. The van der Waals surface area contributed by atoms with Crippen LogP contribution >= 0.6 is 0 Å². The lowest BCUT2D eigenvalue weighted by Gasteiger charge is -2.15. The number of rotatable bonds is 5. The van der Waals surface area contributed by atoms with Crippen LogP contribution in [0.4, 0.5) is 14.7 Å². The molecule has 5 rings (SSSR count). The number of halogens is 2. The lowest BCUT2D eigenvalue weighted by atomic mass is 10.0. The summed E-state index contributed by atoms with van der Waals surface area (Å²) < 4.78 is 27.7. The fourth-order valence-corrected chi connectivity index (χ4v) is 3.23. The van der Waals surface area contributed by atoms with Crippen LogP contribution in [0.1, 0.15) is 12.8 Å². The number of hydrogen-bond donors (Lipinski definition) is 2. The molecule has 0 amide bonds. The third-order valence-electron chi connectivity index (χ3n) is 4.90. The van der Waals surface area contributed by atoms with E-state index in [1.165, 1.54) is 6.33 Å². The van der Waals surface area contributed by atoms with Crippen molar-refractivity contribution in [1.82, 2.24) is 24.9 Å². The number of anilines is 1. The highest BCUT2D eigenvalue weighted by atomic mass is 19.3. The molecule has 3 aromatic heterocycles. The topological polar surface area (TPSA) is 79.4 Å². The molecule has 8 heteroatoms. The monoisotopic (exact) mass is 366 g/mol. The number of aromatic amines is 1. The molecule has 2 N–H and O–H groups in total. The van der Waals surface area contributed by atoms with E-state index in [0.717, 1.165) is 27.4 Å². The summed E-state index contributed by atoms with van der Waals surface area (Å²) in [6.07, 6.45) is 7.95. The van der Waals surface area contributed by atoms with Crippen LogP contribution in [0.5, 0.6) is 0 Å². The van der Waals surface area contributed by atoms with Gasteiger partial charge in [-0.2, -0.15) is 4.98 Å². The first-order valence-electron chi connectivity index (χ1n) is 8.76. The second kappa shape index (κ2) is 5.94. The van der Waals surface area contributed by atoms with E-state index < -0.39 is 18.4 Å². The zero-order valence-corrected chi connectivity index (χ0v) is 14.3. The Hall–Kier alpha value is -3.16. The molecule has 136 valence electrons. The third-order valence-corrected chi connectivity index (χ3v) is 4.90. The van der Waals surface area contributed by atoms with E-state index in [1.54, 1.807) is 12.4 Å². The van der Waals surface area contributed by atoms with E-state index >= 15 is 0 Å². The van der Waals surface area contributed by atoms with Crippen LogP contribution < -0.4 is 5.32 Å². The van der Waals surface area contributed by atoms with E-state index in [2.05, 4.69) is 30.2 Å². The Balaban J connectivity index is 1.44. The van der Waals surface area contributed by atoms with Crippen molar-refractivity contribution >= 4 is 27.9 Å². The molecule has 4 aromatic rings. The van der Waals surface area contributed by atoms with Crippen LogP contribution in [0.2, 0.25) is 0 Å². The average Bonchev–Trinajstić information content (AvgIpc) is 3.47. The van der Waals surface area contributed by atoms with Crippen molar-refractivity contribution in [2.24, 2.45) is 5.92 Å². The maximum atomic E-state index is 13.8. The fraction of sp³-hybridized carbons (Fsp3) is 0.263. The molecule has 0 aliphatic heterocycles. The molecule has 0 saturated heterocycles. The molecule has 6 nitrogen and oxygen atoms in total. The first-order valence-corrected chi connectivity index (χ1v) is 8.76. The number of alkyl halides is 2. The number of H-pyrrole nitrogens is 1. The second-order valence-electron chi connectivity index (χ2n) is 6.84. The van der Waals surface area contributed by atoms with Crippen LogP contribution in [-0.2, 0) is 0 Å². The molecule has 1 aliphatic carbocycles. The zero-order valence-electron chi connectivity index (χ0n) is 14.3. The first-order chi connectivity index (χ1) is 13.1. The lowest BCUT2D eigenvalue weighted by molar-refractivity contribution is -0.00831. The van der Waals surface area contributed by atoms with Gasteiger partial charge >= 0.3 is 0 Å². The number of hydrogen-bond acceptors (Lipinski definition) is 5. The van der Waals surface area contributed by atoms with Crippen LogP contribution in [0.3, 0.4) is 0 Å². The smallest absolute Gasteiger partial charge is 0.267 e. The number of fused-ring (bicyclic) bond motifs is 2. The van der Waals surface area contributed by atoms with Gasteiger partial charge in [0.25, 0.3) is 5.92 Å². The second-order valence-corrected chi connectivity index (χ2v) is 6.84. The number of aromatic nitrogens is 5. The van der Waals surface area contributed by atoms with Gasteiger partial charge in [0.15, 0.2) is 0 Å². The minimum absolute atomic E-state index is 0.197. The summed E-state index contributed by atoms with van der Waals surface area (Å²) in [6.45, 7) is -0.443. The Kier molecular flexibility index (Phi) is 3.53. The zero-order chi connectivity index (χ0) is 18.4. The predicted octanol–water partition coefficient (Wildman–Crippen LogP) is 4.03. The van der Waals surface area contributed by atoms with Gasteiger partial charge in [-0.25, -0.2) is 23.7 Å². The van der Waals surface area contributed by atoms with Gasteiger partial charge in [-0.05, 0) is 30.5 Å². The summed E-state index contributed by atoms with van der Waals surface area (Å²) in [5.74, 6) is -3.03. The van der Waals surface area contributed by atoms with Crippen LogP contribution in [0, 0.1) is 5.92 Å². The SMILES string of the molecule is FC(F)(CNc1ncc2c(-c3ccc4ncncc4c3)c[nH]c2n1)C1CC1. The van der Waals surface area contributed by atoms with E-state index in [9.17, 15) is 8.78 Å². The summed E-state index contributed by atoms with van der Waals surface area (Å²) in [4.78, 5) is 19.9. The normalized spacial score (nSPS) is 14.7. The van der Waals surface area contributed by atoms with Crippen LogP contribution in [-0.4, -0.2) is 37.4 Å². The van der Waals surface area contributed by atoms with Crippen LogP contribution in [0.25, 0.3) is 33.1 Å². The maximum Gasteiger partial charge on any atom is 0.267 e. The van der Waals surface area contributed by atoms with E-state index in [4.69, 9.17) is 0 Å².